The van der Waals surface area contributed by atoms with Gasteiger partial charge in [0.25, 0.3) is 5.69 Å². The predicted octanol–water partition coefficient (Wildman–Crippen LogP) is 3.04. The zero-order valence-electron chi connectivity index (χ0n) is 17.5. The number of thiazole rings is 1. The van der Waals surface area contributed by atoms with Crippen LogP contribution in [-0.2, 0) is 13.6 Å². The maximum Gasteiger partial charge on any atom is 0.293 e. The van der Waals surface area contributed by atoms with Crippen LogP contribution in [0.5, 0.6) is 0 Å². The van der Waals surface area contributed by atoms with Crippen molar-refractivity contribution in [2.75, 3.05) is 31.1 Å². The van der Waals surface area contributed by atoms with Crippen molar-refractivity contribution < 1.29 is 9.72 Å². The lowest BCUT2D eigenvalue weighted by atomic mass is 10.1. The highest BCUT2D eigenvalue weighted by Crippen LogP contribution is 2.31. The van der Waals surface area contributed by atoms with Crippen LogP contribution in [-0.4, -0.2) is 56.3 Å². The number of imidazole rings is 1. The summed E-state index contributed by atoms with van der Waals surface area (Å²) < 4.78 is 1.61. The lowest BCUT2D eigenvalue weighted by Crippen LogP contribution is -2.31. The van der Waals surface area contributed by atoms with Gasteiger partial charge in [0, 0.05) is 69.2 Å². The number of nitrogens with zero attached hydrogens (tertiary/aromatic N) is 6. The first-order chi connectivity index (χ1) is 14.9. The largest absolute Gasteiger partial charge is 0.365 e. The fraction of sp³-hybridized carbons (Fsp3) is 0.381. The second kappa shape index (κ2) is 8.94. The van der Waals surface area contributed by atoms with Crippen LogP contribution in [0.3, 0.4) is 0 Å². The van der Waals surface area contributed by atoms with Gasteiger partial charge in [-0.15, -0.1) is 11.3 Å². The van der Waals surface area contributed by atoms with Gasteiger partial charge in [-0.25, -0.2) is 9.97 Å². The van der Waals surface area contributed by atoms with Gasteiger partial charge in [-0.3, -0.25) is 19.8 Å². The molecule has 0 N–H and O–H groups in total. The number of anilines is 1. The van der Waals surface area contributed by atoms with E-state index >= 15 is 0 Å². The van der Waals surface area contributed by atoms with Gasteiger partial charge in [-0.05, 0) is 25.5 Å². The molecule has 1 saturated heterocycles. The topological polar surface area (TPSA) is 97.4 Å². The van der Waals surface area contributed by atoms with E-state index in [1.807, 2.05) is 11.8 Å². The van der Waals surface area contributed by atoms with E-state index in [0.29, 0.717) is 12.2 Å². The zero-order valence-corrected chi connectivity index (χ0v) is 18.3. The van der Waals surface area contributed by atoms with Crippen LogP contribution in [0.4, 0.5) is 11.4 Å². The smallest absolute Gasteiger partial charge is 0.293 e. The molecule has 10 heteroatoms. The Balaban J connectivity index is 1.52. The number of nitro benzene ring substituents is 1. The third kappa shape index (κ3) is 4.64. The second-order valence-electron chi connectivity index (χ2n) is 7.63. The average Bonchev–Trinajstić information content (AvgIpc) is 3.29. The minimum Gasteiger partial charge on any atom is -0.365 e. The molecule has 1 aliphatic rings. The number of benzene rings is 1. The third-order valence-electron chi connectivity index (χ3n) is 5.44. The molecule has 1 aromatic carbocycles. The summed E-state index contributed by atoms with van der Waals surface area (Å²) in [7, 11) is 1.72. The average molecular weight is 441 g/mol. The molecule has 2 aromatic heterocycles. The molecule has 0 bridgehead atoms. The molecule has 0 radical (unpaired) electrons. The van der Waals surface area contributed by atoms with Crippen molar-refractivity contribution >= 4 is 28.5 Å². The maximum absolute atomic E-state index is 12.7. The molecule has 0 aliphatic carbocycles. The van der Waals surface area contributed by atoms with E-state index in [2.05, 4.69) is 20.2 Å². The second-order valence-corrected chi connectivity index (χ2v) is 8.69. The Kier molecular flexibility index (Phi) is 6.10. The van der Waals surface area contributed by atoms with E-state index in [9.17, 15) is 14.9 Å². The van der Waals surface area contributed by atoms with Gasteiger partial charge < -0.3 is 9.47 Å². The van der Waals surface area contributed by atoms with Gasteiger partial charge in [0.2, 0.25) is 5.78 Å². The Hall–Kier alpha value is -3.11. The number of aromatic nitrogens is 3. The van der Waals surface area contributed by atoms with Crippen LogP contribution in [0, 0.1) is 17.0 Å². The molecule has 0 saturated carbocycles. The number of carbonyl (C=O) groups is 1. The van der Waals surface area contributed by atoms with Crippen LogP contribution in [0.15, 0.2) is 36.0 Å². The van der Waals surface area contributed by atoms with E-state index < -0.39 is 4.92 Å². The van der Waals surface area contributed by atoms with Crippen molar-refractivity contribution in [3.8, 4) is 0 Å². The van der Waals surface area contributed by atoms with Crippen molar-refractivity contribution in [3.63, 3.8) is 0 Å². The predicted molar refractivity (Wildman–Crippen MR) is 119 cm³/mol. The molecule has 9 nitrogen and oxygen atoms in total. The van der Waals surface area contributed by atoms with Crippen molar-refractivity contribution in [2.45, 2.75) is 19.9 Å². The van der Waals surface area contributed by atoms with Crippen LogP contribution < -0.4 is 4.90 Å². The molecule has 3 aromatic rings. The Morgan fingerprint density at radius 3 is 2.77 bits per heavy atom. The molecule has 0 spiro atoms. The van der Waals surface area contributed by atoms with E-state index in [1.165, 1.54) is 12.3 Å². The summed E-state index contributed by atoms with van der Waals surface area (Å²) in [5.74, 6) is -0.0764. The summed E-state index contributed by atoms with van der Waals surface area (Å²) in [4.78, 5) is 37.1. The van der Waals surface area contributed by atoms with E-state index in [1.54, 1.807) is 41.3 Å². The summed E-state index contributed by atoms with van der Waals surface area (Å²) in [6.45, 7) is 5.89. The van der Waals surface area contributed by atoms with E-state index in [4.69, 9.17) is 0 Å². The van der Waals surface area contributed by atoms with Crippen LogP contribution in [0.25, 0.3) is 0 Å². The first kappa shape index (κ1) is 21.1. The highest BCUT2D eigenvalue weighted by Gasteiger charge is 2.25. The summed E-state index contributed by atoms with van der Waals surface area (Å²) >= 11 is 1.65. The van der Waals surface area contributed by atoms with E-state index in [-0.39, 0.29) is 22.9 Å². The number of hydrogen-bond acceptors (Lipinski definition) is 8. The monoisotopic (exact) mass is 440 g/mol. The van der Waals surface area contributed by atoms with Crippen molar-refractivity contribution in [3.05, 3.63) is 68.2 Å². The molecule has 4 rings (SSSR count). The molecular formula is C21H24N6O3S. The van der Waals surface area contributed by atoms with Crippen molar-refractivity contribution in [1.82, 2.24) is 19.4 Å². The van der Waals surface area contributed by atoms with Gasteiger partial charge in [-0.1, -0.05) is 0 Å². The minimum absolute atomic E-state index is 0.0522. The van der Waals surface area contributed by atoms with Crippen molar-refractivity contribution in [1.29, 1.82) is 0 Å². The number of hydrogen-bond donors (Lipinski definition) is 0. The van der Waals surface area contributed by atoms with Gasteiger partial charge in [0.15, 0.2) is 5.82 Å². The Labute approximate surface area is 184 Å². The molecule has 1 aliphatic heterocycles. The standard InChI is InChI=1S/C21H24N6O3S/c1-15-23-17(14-31-15)13-25-7-3-8-26(11-10-25)18-5-4-16(12-19(18)27(29)30)20(28)21-22-6-9-24(21)2/h4-6,9,12,14H,3,7-8,10-11,13H2,1-2H3. The lowest BCUT2D eigenvalue weighted by molar-refractivity contribution is -0.384. The molecule has 0 amide bonds. The van der Waals surface area contributed by atoms with Gasteiger partial charge in [0.05, 0.1) is 15.6 Å². The Bertz CT molecular complexity index is 1110. The van der Waals surface area contributed by atoms with Gasteiger partial charge in [0.1, 0.15) is 5.69 Å². The van der Waals surface area contributed by atoms with Crippen LogP contribution in [0.1, 0.15) is 33.3 Å². The highest BCUT2D eigenvalue weighted by atomic mass is 32.1. The fourth-order valence-electron chi connectivity index (χ4n) is 3.87. The quantitative estimate of drug-likeness (QED) is 0.330. The third-order valence-corrected chi connectivity index (χ3v) is 6.26. The van der Waals surface area contributed by atoms with Crippen LogP contribution >= 0.6 is 11.3 Å². The number of nitro groups is 1. The highest BCUT2D eigenvalue weighted by molar-refractivity contribution is 7.09. The molecule has 0 unspecified atom stereocenters. The molecule has 31 heavy (non-hydrogen) atoms. The first-order valence-electron chi connectivity index (χ1n) is 10.1. The van der Waals surface area contributed by atoms with Crippen molar-refractivity contribution in [2.24, 2.45) is 7.05 Å². The minimum atomic E-state index is -0.411. The van der Waals surface area contributed by atoms with Gasteiger partial charge in [-0.2, -0.15) is 0 Å². The molecular weight excluding hydrogens is 416 g/mol. The zero-order chi connectivity index (χ0) is 22.0. The first-order valence-corrected chi connectivity index (χ1v) is 11.0. The maximum atomic E-state index is 12.7. The Morgan fingerprint density at radius 1 is 1.26 bits per heavy atom. The lowest BCUT2D eigenvalue weighted by Gasteiger charge is -2.23. The van der Waals surface area contributed by atoms with Gasteiger partial charge >= 0.3 is 0 Å². The molecule has 3 heterocycles. The van der Waals surface area contributed by atoms with E-state index in [0.717, 1.165) is 43.3 Å². The number of aryl methyl sites for hydroxylation is 2. The Morgan fingerprint density at radius 2 is 2.10 bits per heavy atom. The normalized spacial score (nSPS) is 15.1. The summed E-state index contributed by atoms with van der Waals surface area (Å²) in [5, 5.41) is 15.0. The SMILES string of the molecule is Cc1nc(CN2CCCN(c3ccc(C(=O)c4nccn4C)cc3[N+](=O)[O-])CC2)cs1. The molecule has 1 fully saturated rings. The molecule has 162 valence electrons. The summed E-state index contributed by atoms with van der Waals surface area (Å²) in [6.07, 6.45) is 4.10. The molecule has 0 atom stereocenters. The number of rotatable bonds is 6. The summed E-state index contributed by atoms with van der Waals surface area (Å²) in [6, 6.07) is 4.71. The fourth-order valence-corrected chi connectivity index (χ4v) is 4.48. The number of ketones is 1. The number of carbonyl (C=O) groups excluding carboxylic acids is 1. The summed E-state index contributed by atoms with van der Waals surface area (Å²) in [5.41, 5.74) is 1.83. The van der Waals surface area contributed by atoms with Crippen LogP contribution in [0.2, 0.25) is 0 Å².